The first-order valence-electron chi connectivity index (χ1n) is 9.55. The summed E-state index contributed by atoms with van der Waals surface area (Å²) in [6.07, 6.45) is 6.21. The molecular weight excluding hydrogens is 386 g/mol. The van der Waals surface area contributed by atoms with E-state index in [0.717, 1.165) is 25.1 Å². The lowest BCUT2D eigenvalue weighted by Gasteiger charge is -2.12. The standard InChI is InChI=1S/C23H20F2N4O/c24-18-5-6-21(25)20(14-18)17-12-22(16-3-1-4-19(30)11-16)28-23(13-17)27-7-2-9-29-10-8-26-15-29/h1,3-6,8,10-15,30H,2,7,9H2,(H,27,28). The summed E-state index contributed by atoms with van der Waals surface area (Å²) in [6.45, 7) is 1.43. The molecule has 0 aliphatic heterocycles. The molecule has 2 N–H and O–H groups in total. The van der Waals surface area contributed by atoms with E-state index in [-0.39, 0.29) is 11.3 Å². The van der Waals surface area contributed by atoms with E-state index in [2.05, 4.69) is 15.3 Å². The minimum Gasteiger partial charge on any atom is -0.508 e. The number of nitrogens with one attached hydrogen (secondary N) is 1. The van der Waals surface area contributed by atoms with Gasteiger partial charge in [-0.2, -0.15) is 0 Å². The zero-order valence-electron chi connectivity index (χ0n) is 16.1. The molecule has 0 aliphatic rings. The third-order valence-corrected chi connectivity index (χ3v) is 4.67. The molecule has 4 aromatic rings. The third kappa shape index (κ3) is 4.63. The summed E-state index contributed by atoms with van der Waals surface area (Å²) in [5, 5.41) is 13.1. The number of aromatic hydroxyl groups is 1. The largest absolute Gasteiger partial charge is 0.508 e. The SMILES string of the molecule is Oc1cccc(-c2cc(-c3cc(F)ccc3F)cc(NCCCn3ccnc3)n2)c1. The Bertz CT molecular complexity index is 1150. The molecule has 0 saturated carbocycles. The molecule has 7 heteroatoms. The molecule has 2 aromatic heterocycles. The lowest BCUT2D eigenvalue weighted by atomic mass is 10.0. The molecule has 0 saturated heterocycles. The van der Waals surface area contributed by atoms with Crippen molar-refractivity contribution in [2.75, 3.05) is 11.9 Å². The smallest absolute Gasteiger partial charge is 0.131 e. The zero-order valence-corrected chi connectivity index (χ0v) is 16.1. The van der Waals surface area contributed by atoms with Crippen LogP contribution in [-0.2, 0) is 6.54 Å². The van der Waals surface area contributed by atoms with Gasteiger partial charge in [-0.1, -0.05) is 12.1 Å². The first-order valence-corrected chi connectivity index (χ1v) is 9.55. The van der Waals surface area contributed by atoms with Crippen LogP contribution in [0.2, 0.25) is 0 Å². The molecule has 0 radical (unpaired) electrons. The van der Waals surface area contributed by atoms with E-state index < -0.39 is 11.6 Å². The first kappa shape index (κ1) is 19.6. The second-order valence-electron chi connectivity index (χ2n) is 6.88. The zero-order chi connectivity index (χ0) is 20.9. The van der Waals surface area contributed by atoms with Crippen molar-refractivity contribution in [2.45, 2.75) is 13.0 Å². The summed E-state index contributed by atoms with van der Waals surface area (Å²) in [6, 6.07) is 13.4. The number of hydrogen-bond donors (Lipinski definition) is 2. The average Bonchev–Trinajstić information content (AvgIpc) is 3.26. The molecular formula is C23H20F2N4O. The Morgan fingerprint density at radius 3 is 2.70 bits per heavy atom. The molecule has 0 spiro atoms. The molecule has 0 aliphatic carbocycles. The Morgan fingerprint density at radius 2 is 1.90 bits per heavy atom. The van der Waals surface area contributed by atoms with Gasteiger partial charge in [0.15, 0.2) is 0 Å². The fourth-order valence-corrected chi connectivity index (χ4v) is 3.21. The summed E-state index contributed by atoms with van der Waals surface area (Å²) in [4.78, 5) is 8.61. The average molecular weight is 406 g/mol. The normalized spacial score (nSPS) is 10.9. The molecule has 4 rings (SSSR count). The highest BCUT2D eigenvalue weighted by Crippen LogP contribution is 2.31. The number of benzene rings is 2. The molecule has 2 aromatic carbocycles. The van der Waals surface area contributed by atoms with Crippen LogP contribution >= 0.6 is 0 Å². The van der Waals surface area contributed by atoms with Crippen LogP contribution < -0.4 is 5.32 Å². The van der Waals surface area contributed by atoms with Crippen molar-refractivity contribution in [1.29, 1.82) is 0 Å². The van der Waals surface area contributed by atoms with E-state index in [9.17, 15) is 13.9 Å². The van der Waals surface area contributed by atoms with Crippen molar-refractivity contribution < 1.29 is 13.9 Å². The number of rotatable bonds is 7. The highest BCUT2D eigenvalue weighted by Gasteiger charge is 2.12. The van der Waals surface area contributed by atoms with Crippen LogP contribution in [0.15, 0.2) is 73.3 Å². The molecule has 0 fully saturated rings. The van der Waals surface area contributed by atoms with Crippen molar-refractivity contribution in [1.82, 2.24) is 14.5 Å². The van der Waals surface area contributed by atoms with Gasteiger partial charge in [-0.05, 0) is 54.4 Å². The Labute approximate surface area is 172 Å². The van der Waals surface area contributed by atoms with Crippen LogP contribution in [0.25, 0.3) is 22.4 Å². The number of anilines is 1. The van der Waals surface area contributed by atoms with Gasteiger partial charge in [0.05, 0.1) is 12.0 Å². The van der Waals surface area contributed by atoms with Crippen molar-refractivity contribution in [3.63, 3.8) is 0 Å². The fraction of sp³-hybridized carbons (Fsp3) is 0.130. The summed E-state index contributed by atoms with van der Waals surface area (Å²) in [7, 11) is 0. The van der Waals surface area contributed by atoms with E-state index in [1.165, 1.54) is 6.07 Å². The Hall–Kier alpha value is -3.74. The maximum Gasteiger partial charge on any atom is 0.131 e. The van der Waals surface area contributed by atoms with Gasteiger partial charge in [-0.25, -0.2) is 18.7 Å². The van der Waals surface area contributed by atoms with Crippen molar-refractivity contribution >= 4 is 5.82 Å². The maximum absolute atomic E-state index is 14.4. The molecule has 30 heavy (non-hydrogen) atoms. The second kappa shape index (κ2) is 8.73. The van der Waals surface area contributed by atoms with Gasteiger partial charge in [0.1, 0.15) is 23.2 Å². The quantitative estimate of drug-likeness (QED) is 0.419. The van der Waals surface area contributed by atoms with Crippen LogP contribution in [0.5, 0.6) is 5.75 Å². The van der Waals surface area contributed by atoms with Gasteiger partial charge in [-0.15, -0.1) is 0 Å². The van der Waals surface area contributed by atoms with Crippen LogP contribution in [0.4, 0.5) is 14.6 Å². The first-order chi connectivity index (χ1) is 14.6. The Morgan fingerprint density at radius 1 is 1.00 bits per heavy atom. The maximum atomic E-state index is 14.4. The van der Waals surface area contributed by atoms with Crippen molar-refractivity contribution in [2.24, 2.45) is 0 Å². The number of hydrogen-bond acceptors (Lipinski definition) is 4. The molecule has 0 atom stereocenters. The Kier molecular flexibility index (Phi) is 5.70. The number of nitrogens with zero attached hydrogens (tertiary/aromatic N) is 3. The van der Waals surface area contributed by atoms with Crippen LogP contribution in [0, 0.1) is 11.6 Å². The van der Waals surface area contributed by atoms with Crippen LogP contribution in [-0.4, -0.2) is 26.2 Å². The molecule has 2 heterocycles. The number of halogens is 2. The summed E-state index contributed by atoms with van der Waals surface area (Å²) in [5.41, 5.74) is 1.87. The number of pyridine rings is 1. The minimum atomic E-state index is -0.518. The van der Waals surface area contributed by atoms with E-state index in [4.69, 9.17) is 0 Å². The third-order valence-electron chi connectivity index (χ3n) is 4.67. The minimum absolute atomic E-state index is 0.103. The lowest BCUT2D eigenvalue weighted by Crippen LogP contribution is -2.07. The topological polar surface area (TPSA) is 63.0 Å². The molecule has 5 nitrogen and oxygen atoms in total. The number of aryl methyl sites for hydroxylation is 1. The van der Waals surface area contributed by atoms with Crippen LogP contribution in [0.1, 0.15) is 6.42 Å². The van der Waals surface area contributed by atoms with Gasteiger partial charge in [0.25, 0.3) is 0 Å². The van der Waals surface area contributed by atoms with Gasteiger partial charge in [-0.3, -0.25) is 0 Å². The number of phenolic OH excluding ortho intramolecular Hbond substituents is 1. The van der Waals surface area contributed by atoms with Gasteiger partial charge in [0.2, 0.25) is 0 Å². The van der Waals surface area contributed by atoms with E-state index in [1.807, 2.05) is 10.8 Å². The fourth-order valence-electron chi connectivity index (χ4n) is 3.21. The van der Waals surface area contributed by atoms with Crippen LogP contribution in [0.3, 0.4) is 0 Å². The lowest BCUT2D eigenvalue weighted by molar-refractivity contribution is 0.475. The highest BCUT2D eigenvalue weighted by atomic mass is 19.1. The number of phenols is 1. The predicted octanol–water partition coefficient (Wildman–Crippen LogP) is 5.10. The Balaban J connectivity index is 1.64. The van der Waals surface area contributed by atoms with E-state index in [0.29, 0.717) is 29.2 Å². The monoisotopic (exact) mass is 406 g/mol. The molecule has 152 valence electrons. The van der Waals surface area contributed by atoms with Crippen molar-refractivity contribution in [3.05, 3.63) is 85.0 Å². The van der Waals surface area contributed by atoms with Crippen molar-refractivity contribution in [3.8, 4) is 28.1 Å². The predicted molar refractivity (Wildman–Crippen MR) is 112 cm³/mol. The number of imidazole rings is 1. The second-order valence-corrected chi connectivity index (χ2v) is 6.88. The summed E-state index contributed by atoms with van der Waals surface area (Å²) >= 11 is 0. The highest BCUT2D eigenvalue weighted by molar-refractivity contribution is 5.74. The summed E-state index contributed by atoms with van der Waals surface area (Å²) in [5.74, 6) is -0.390. The number of aromatic nitrogens is 3. The van der Waals surface area contributed by atoms with Gasteiger partial charge < -0.3 is 15.0 Å². The molecule has 0 unspecified atom stereocenters. The van der Waals surface area contributed by atoms with Gasteiger partial charge in [0, 0.05) is 36.6 Å². The van der Waals surface area contributed by atoms with E-state index in [1.54, 1.807) is 48.9 Å². The van der Waals surface area contributed by atoms with Gasteiger partial charge >= 0.3 is 0 Å². The molecule has 0 bridgehead atoms. The molecule has 0 amide bonds. The summed E-state index contributed by atoms with van der Waals surface area (Å²) < 4.78 is 30.1. The van der Waals surface area contributed by atoms with E-state index >= 15 is 0 Å².